The molecule has 0 unspecified atom stereocenters. The van der Waals surface area contributed by atoms with Gasteiger partial charge in [0.2, 0.25) is 0 Å². The number of carboxylic acids is 2. The highest BCUT2D eigenvalue weighted by atomic mass is 16.5. The zero-order chi connectivity index (χ0) is 39.0. The van der Waals surface area contributed by atoms with Crippen molar-refractivity contribution in [2.45, 2.75) is 112 Å². The molecule has 290 valence electrons. The third-order valence-corrected chi connectivity index (χ3v) is 16.6. The van der Waals surface area contributed by atoms with E-state index in [0.29, 0.717) is 30.3 Å². The van der Waals surface area contributed by atoms with E-state index < -0.39 is 23.9 Å². The number of ether oxygens (including phenoxy) is 2. The van der Waals surface area contributed by atoms with Crippen molar-refractivity contribution in [2.75, 3.05) is 6.61 Å². The maximum Gasteiger partial charge on any atom is 0.339 e. The van der Waals surface area contributed by atoms with Gasteiger partial charge in [0.15, 0.2) is 0 Å². The van der Waals surface area contributed by atoms with Crippen molar-refractivity contribution in [1.82, 2.24) is 0 Å². The van der Waals surface area contributed by atoms with Gasteiger partial charge in [-0.3, -0.25) is 0 Å². The van der Waals surface area contributed by atoms with Crippen LogP contribution in [-0.2, 0) is 9.47 Å². The lowest BCUT2D eigenvalue weighted by Crippen LogP contribution is -2.65. The maximum absolute atomic E-state index is 13.5. The molecule has 2 N–H and O–H groups in total. The number of carbonyl (C=O) groups excluding carboxylic acids is 2. The van der Waals surface area contributed by atoms with Crippen LogP contribution in [0.5, 0.6) is 0 Å². The molecule has 0 amide bonds. The molecule has 0 radical (unpaired) electrons. The lowest BCUT2D eigenvalue weighted by atomic mass is 9.33. The molecule has 8 heteroatoms. The number of allylic oxidation sites excluding steroid dienone is 2. The Morgan fingerprint density at radius 2 is 1.30 bits per heavy atom. The molecule has 2 aromatic rings. The Hall–Kier alpha value is -3.94. The second kappa shape index (κ2) is 13.4. The van der Waals surface area contributed by atoms with Crippen LogP contribution in [0.2, 0.25) is 0 Å². The summed E-state index contributed by atoms with van der Waals surface area (Å²) >= 11 is 0. The van der Waals surface area contributed by atoms with E-state index in [2.05, 4.69) is 54.5 Å². The van der Waals surface area contributed by atoms with Gasteiger partial charge in [-0.2, -0.15) is 0 Å². The Labute approximate surface area is 320 Å². The van der Waals surface area contributed by atoms with Gasteiger partial charge in [-0.25, -0.2) is 19.2 Å². The van der Waals surface area contributed by atoms with Crippen LogP contribution in [0.3, 0.4) is 0 Å². The number of rotatable bonds is 7. The molecule has 4 fully saturated rings. The zero-order valence-electron chi connectivity index (χ0n) is 33.1. The molecule has 0 spiro atoms. The molecule has 0 aromatic heterocycles. The van der Waals surface area contributed by atoms with Crippen LogP contribution in [0.25, 0.3) is 0 Å². The quantitative estimate of drug-likeness (QED) is 0.212. The summed E-state index contributed by atoms with van der Waals surface area (Å²) in [6.07, 6.45) is 11.1. The molecule has 7 rings (SSSR count). The van der Waals surface area contributed by atoms with Gasteiger partial charge in [0.1, 0.15) is 6.10 Å². The fraction of sp³-hybridized carbons (Fsp3) is 0.609. The molecule has 5 aliphatic carbocycles. The minimum absolute atomic E-state index is 0.0243. The van der Waals surface area contributed by atoms with Crippen LogP contribution in [0.15, 0.2) is 60.2 Å². The van der Waals surface area contributed by atoms with Gasteiger partial charge in [-0.1, -0.05) is 84.4 Å². The first-order valence-electron chi connectivity index (χ1n) is 20.1. The Balaban J connectivity index is 1.16. The summed E-state index contributed by atoms with van der Waals surface area (Å²) in [5.74, 6) is -1.41. The SMILES string of the molecule is C[C@H]1[C@H](C)CC[C@]2(COC(=O)c3ccccc3C(=O)O)CC[C@]3(C)C(=CC[C@@H]4[C@@]5(C)CC[C@H](OC(=O)c6ccccc6C(=O)O)C(C)(C)[C@@H]5CC[C@]43C)[C@@H]12. The van der Waals surface area contributed by atoms with Gasteiger partial charge in [0.05, 0.1) is 28.9 Å². The summed E-state index contributed by atoms with van der Waals surface area (Å²) in [5, 5.41) is 19.5. The lowest BCUT2D eigenvalue weighted by Gasteiger charge is -2.71. The van der Waals surface area contributed by atoms with Crippen LogP contribution >= 0.6 is 0 Å². The fourth-order valence-electron chi connectivity index (χ4n) is 13.2. The molecule has 0 aliphatic heterocycles. The minimum Gasteiger partial charge on any atom is -0.478 e. The summed E-state index contributed by atoms with van der Waals surface area (Å²) < 4.78 is 12.4. The molecular weight excluding hydrogens is 680 g/mol. The molecule has 2 aromatic carbocycles. The van der Waals surface area contributed by atoms with Crippen molar-refractivity contribution in [3.63, 3.8) is 0 Å². The second-order valence-electron chi connectivity index (χ2n) is 19.0. The highest BCUT2D eigenvalue weighted by Crippen LogP contribution is 2.76. The Kier molecular flexibility index (Phi) is 9.49. The highest BCUT2D eigenvalue weighted by molar-refractivity contribution is 6.03. The van der Waals surface area contributed by atoms with Crippen molar-refractivity contribution in [2.24, 2.45) is 56.7 Å². The number of esters is 2. The number of aromatic carboxylic acids is 2. The Bertz CT molecular complexity index is 1890. The van der Waals surface area contributed by atoms with Gasteiger partial charge >= 0.3 is 23.9 Å². The third-order valence-electron chi connectivity index (χ3n) is 16.6. The first-order chi connectivity index (χ1) is 25.4. The van der Waals surface area contributed by atoms with E-state index in [1.54, 1.807) is 42.0 Å². The lowest BCUT2D eigenvalue weighted by molar-refractivity contribution is -0.206. The van der Waals surface area contributed by atoms with Gasteiger partial charge in [0.25, 0.3) is 0 Å². The molecule has 0 bridgehead atoms. The minimum atomic E-state index is -1.14. The van der Waals surface area contributed by atoms with E-state index >= 15 is 0 Å². The molecule has 0 saturated heterocycles. The summed E-state index contributed by atoms with van der Waals surface area (Å²) in [7, 11) is 0. The molecule has 5 aliphatic rings. The predicted molar refractivity (Wildman–Crippen MR) is 205 cm³/mol. The first-order valence-corrected chi connectivity index (χ1v) is 20.1. The largest absolute Gasteiger partial charge is 0.478 e. The van der Waals surface area contributed by atoms with Gasteiger partial charge < -0.3 is 19.7 Å². The standard InChI is InChI=1S/C46H58O8/c1-27-18-23-46(26-53-40(51)31-14-10-8-12-29(31)38(47)48)25-24-44(6)33(37(46)28(27)2)16-17-35-43(5)21-20-36(42(3,4)34(43)19-22-45(35,44)7)54-41(52)32-15-11-9-13-30(32)39(49)50/h8-16,27-28,34-37H,17-26H2,1-7H3,(H,47,48)(H,49,50)/t27-,28+,34+,35-,36+,37-,43+,44-,45-,46-/m1/s1. The fourth-order valence-corrected chi connectivity index (χ4v) is 13.2. The number of hydrogen-bond donors (Lipinski definition) is 2. The Morgan fingerprint density at radius 3 is 1.91 bits per heavy atom. The van der Waals surface area contributed by atoms with Gasteiger partial charge in [-0.05, 0) is 128 Å². The van der Waals surface area contributed by atoms with Crippen molar-refractivity contribution in [3.8, 4) is 0 Å². The highest BCUT2D eigenvalue weighted by Gasteiger charge is 2.69. The second-order valence-corrected chi connectivity index (χ2v) is 19.0. The zero-order valence-corrected chi connectivity index (χ0v) is 33.1. The molecule has 54 heavy (non-hydrogen) atoms. The molecule has 10 atom stereocenters. The van der Waals surface area contributed by atoms with Gasteiger partial charge in [0, 0.05) is 10.8 Å². The van der Waals surface area contributed by atoms with Crippen LogP contribution < -0.4 is 0 Å². The summed E-state index contributed by atoms with van der Waals surface area (Å²) in [6, 6.07) is 12.6. The van der Waals surface area contributed by atoms with Crippen molar-refractivity contribution in [3.05, 3.63) is 82.4 Å². The summed E-state index contributed by atoms with van der Waals surface area (Å²) in [5.41, 5.74) is 1.23. The van der Waals surface area contributed by atoms with Crippen LogP contribution in [0.1, 0.15) is 148 Å². The van der Waals surface area contributed by atoms with E-state index in [-0.39, 0.29) is 61.4 Å². The average Bonchev–Trinajstić information content (AvgIpc) is 3.13. The van der Waals surface area contributed by atoms with Gasteiger partial charge in [-0.15, -0.1) is 0 Å². The summed E-state index contributed by atoms with van der Waals surface area (Å²) in [6.45, 7) is 17.1. The van der Waals surface area contributed by atoms with Crippen LogP contribution in [0.4, 0.5) is 0 Å². The monoisotopic (exact) mass is 738 g/mol. The molecule has 4 saturated carbocycles. The number of hydrogen-bond acceptors (Lipinski definition) is 6. The normalized spacial score (nSPS) is 37.9. The predicted octanol–water partition coefficient (Wildman–Crippen LogP) is 10.1. The van der Waals surface area contributed by atoms with Crippen LogP contribution in [-0.4, -0.2) is 46.8 Å². The molecular formula is C46H58O8. The first kappa shape index (κ1) is 38.3. The third kappa shape index (κ3) is 5.67. The number of benzene rings is 2. The Morgan fingerprint density at radius 1 is 0.704 bits per heavy atom. The smallest absolute Gasteiger partial charge is 0.339 e. The van der Waals surface area contributed by atoms with E-state index in [1.165, 1.54) is 12.1 Å². The van der Waals surface area contributed by atoms with Crippen LogP contribution in [0, 0.1) is 56.7 Å². The topological polar surface area (TPSA) is 127 Å². The van der Waals surface area contributed by atoms with E-state index in [9.17, 15) is 29.4 Å². The maximum atomic E-state index is 13.5. The summed E-state index contributed by atoms with van der Waals surface area (Å²) in [4.78, 5) is 50.8. The van der Waals surface area contributed by atoms with E-state index in [1.807, 2.05) is 0 Å². The van der Waals surface area contributed by atoms with Crippen molar-refractivity contribution in [1.29, 1.82) is 0 Å². The molecule has 0 heterocycles. The average molecular weight is 739 g/mol. The number of fused-ring (bicyclic) bond motifs is 7. The number of carboxylic acid groups (broad SMARTS) is 2. The van der Waals surface area contributed by atoms with E-state index in [4.69, 9.17) is 9.47 Å². The van der Waals surface area contributed by atoms with E-state index in [0.717, 1.165) is 57.8 Å². The van der Waals surface area contributed by atoms with Crippen molar-refractivity contribution >= 4 is 23.9 Å². The molecule has 8 nitrogen and oxygen atoms in total. The van der Waals surface area contributed by atoms with Crippen molar-refractivity contribution < 1.29 is 38.9 Å². The number of carbonyl (C=O) groups is 4.